The minimum absolute atomic E-state index is 0.373. The van der Waals surface area contributed by atoms with Gasteiger partial charge in [0.15, 0.2) is 6.61 Å². The lowest BCUT2D eigenvalue weighted by atomic mass is 9.77. The van der Waals surface area contributed by atoms with E-state index in [1.54, 1.807) is 19.1 Å². The van der Waals surface area contributed by atoms with Gasteiger partial charge in [0.1, 0.15) is 5.54 Å². The molecule has 28 heavy (non-hydrogen) atoms. The first-order chi connectivity index (χ1) is 13.2. The highest BCUT2D eigenvalue weighted by Crippen LogP contribution is 2.35. The molecule has 3 rings (SSSR count). The van der Waals surface area contributed by atoms with Gasteiger partial charge >= 0.3 is 12.0 Å². The Hall–Kier alpha value is -2.90. The van der Waals surface area contributed by atoms with E-state index < -0.39 is 36.0 Å². The number of nitrogens with one attached hydrogen (secondary N) is 2. The molecule has 0 bridgehead atoms. The summed E-state index contributed by atoms with van der Waals surface area (Å²) in [5.41, 5.74) is 3.39. The number of aryl methyl sites for hydroxylation is 1. The molecule has 0 atom stereocenters. The maximum absolute atomic E-state index is 12.7. The van der Waals surface area contributed by atoms with Crippen LogP contribution in [0.2, 0.25) is 0 Å². The highest BCUT2D eigenvalue weighted by atomic mass is 16.5. The summed E-state index contributed by atoms with van der Waals surface area (Å²) in [5.74, 6) is -1.34. The van der Waals surface area contributed by atoms with Crippen LogP contribution in [0.15, 0.2) is 18.2 Å². The topological polar surface area (TPSA) is 105 Å². The number of esters is 1. The Balaban J connectivity index is 1.57. The van der Waals surface area contributed by atoms with Crippen molar-refractivity contribution in [3.8, 4) is 0 Å². The Kier molecular flexibility index (Phi) is 5.40. The Morgan fingerprint density at radius 3 is 2.61 bits per heavy atom. The summed E-state index contributed by atoms with van der Waals surface area (Å²) in [6.07, 6.45) is 2.77. The smallest absolute Gasteiger partial charge is 0.344 e. The number of ether oxygens (including phenoxy) is 1. The minimum Gasteiger partial charge on any atom is -0.452 e. The van der Waals surface area contributed by atoms with E-state index in [0.29, 0.717) is 29.3 Å². The number of hydrogen-bond donors (Lipinski definition) is 2. The van der Waals surface area contributed by atoms with Crippen molar-refractivity contribution in [3.63, 3.8) is 0 Å². The lowest BCUT2D eigenvalue weighted by Gasteiger charge is -2.33. The monoisotopic (exact) mass is 387 g/mol. The molecule has 1 heterocycles. The molecule has 1 spiro atoms. The maximum atomic E-state index is 12.7. The zero-order valence-corrected chi connectivity index (χ0v) is 16.3. The van der Waals surface area contributed by atoms with E-state index in [-0.39, 0.29) is 0 Å². The number of hydrazine groups is 1. The number of amides is 4. The number of imide groups is 1. The fourth-order valence-electron chi connectivity index (χ4n) is 3.65. The number of urea groups is 1. The van der Waals surface area contributed by atoms with E-state index in [4.69, 9.17) is 4.74 Å². The summed E-state index contributed by atoms with van der Waals surface area (Å²) >= 11 is 0. The first kappa shape index (κ1) is 19.9. The predicted octanol–water partition coefficient (Wildman–Crippen LogP) is 1.99. The van der Waals surface area contributed by atoms with Crippen molar-refractivity contribution in [2.45, 2.75) is 52.0 Å². The number of rotatable bonds is 4. The van der Waals surface area contributed by atoms with Crippen LogP contribution in [0.5, 0.6) is 0 Å². The molecule has 150 valence electrons. The number of hydrogen-bond acceptors (Lipinski definition) is 5. The van der Waals surface area contributed by atoms with E-state index >= 15 is 0 Å². The van der Waals surface area contributed by atoms with Crippen LogP contribution in [0.1, 0.15) is 54.1 Å². The second-order valence-electron chi connectivity index (χ2n) is 7.69. The average Bonchev–Trinajstić information content (AvgIpc) is 2.89. The van der Waals surface area contributed by atoms with Crippen molar-refractivity contribution in [1.29, 1.82) is 0 Å². The third kappa shape index (κ3) is 3.72. The van der Waals surface area contributed by atoms with Crippen LogP contribution in [0.3, 0.4) is 0 Å². The normalized spacial score (nSPS) is 24.2. The fourth-order valence-corrected chi connectivity index (χ4v) is 3.65. The Morgan fingerprint density at radius 2 is 1.93 bits per heavy atom. The van der Waals surface area contributed by atoms with Gasteiger partial charge < -0.3 is 10.1 Å². The fraction of sp³-hybridized carbons (Fsp3) is 0.500. The second kappa shape index (κ2) is 7.61. The van der Waals surface area contributed by atoms with Crippen LogP contribution in [0, 0.1) is 19.8 Å². The van der Waals surface area contributed by atoms with Gasteiger partial charge in [0.2, 0.25) is 0 Å². The molecule has 0 aromatic heterocycles. The molecule has 8 nitrogen and oxygen atoms in total. The Morgan fingerprint density at radius 1 is 1.25 bits per heavy atom. The number of carbonyl (C=O) groups excluding carboxylic acids is 4. The molecule has 1 saturated heterocycles. The molecule has 2 N–H and O–H groups in total. The molecule has 1 aliphatic heterocycles. The Labute approximate surface area is 163 Å². The first-order valence-electron chi connectivity index (χ1n) is 9.43. The van der Waals surface area contributed by atoms with Crippen LogP contribution >= 0.6 is 0 Å². The van der Waals surface area contributed by atoms with Crippen molar-refractivity contribution >= 4 is 23.8 Å². The molecule has 1 saturated carbocycles. The Bertz CT molecular complexity index is 827. The summed E-state index contributed by atoms with van der Waals surface area (Å²) in [7, 11) is 0. The van der Waals surface area contributed by atoms with Gasteiger partial charge in [0, 0.05) is 0 Å². The molecule has 0 radical (unpaired) electrons. The lowest BCUT2D eigenvalue weighted by Crippen LogP contribution is -2.52. The largest absolute Gasteiger partial charge is 0.452 e. The lowest BCUT2D eigenvalue weighted by molar-refractivity contribution is -0.141. The second-order valence-corrected chi connectivity index (χ2v) is 7.69. The highest BCUT2D eigenvalue weighted by molar-refractivity contribution is 6.08. The van der Waals surface area contributed by atoms with E-state index in [9.17, 15) is 19.2 Å². The van der Waals surface area contributed by atoms with Crippen LogP contribution in [-0.4, -0.2) is 41.0 Å². The van der Waals surface area contributed by atoms with Crippen molar-refractivity contribution in [3.05, 3.63) is 34.9 Å². The zero-order valence-electron chi connectivity index (χ0n) is 16.3. The molecule has 1 aromatic carbocycles. The van der Waals surface area contributed by atoms with Crippen LogP contribution < -0.4 is 10.7 Å². The quantitative estimate of drug-likeness (QED) is 0.607. The minimum atomic E-state index is -0.938. The van der Waals surface area contributed by atoms with E-state index in [1.807, 2.05) is 13.0 Å². The summed E-state index contributed by atoms with van der Waals surface area (Å²) in [4.78, 5) is 49.2. The molecule has 1 aromatic rings. The van der Waals surface area contributed by atoms with Crippen LogP contribution in [0.4, 0.5) is 4.79 Å². The summed E-state index contributed by atoms with van der Waals surface area (Å²) in [5, 5.41) is 3.41. The van der Waals surface area contributed by atoms with Gasteiger partial charge in [-0.2, -0.15) is 5.01 Å². The average molecular weight is 387 g/mol. The van der Waals surface area contributed by atoms with E-state index in [0.717, 1.165) is 24.0 Å². The number of benzene rings is 1. The molecular formula is C20H25N3O5. The molecule has 2 fully saturated rings. The summed E-state index contributed by atoms with van der Waals surface area (Å²) in [6, 6.07) is 4.57. The van der Waals surface area contributed by atoms with Crippen molar-refractivity contribution in [1.82, 2.24) is 15.8 Å². The van der Waals surface area contributed by atoms with Gasteiger partial charge in [-0.25, -0.2) is 9.59 Å². The van der Waals surface area contributed by atoms with Crippen molar-refractivity contribution in [2.75, 3.05) is 6.61 Å². The molecular weight excluding hydrogens is 362 g/mol. The SMILES string of the molecule is Cc1cccc(C(=O)OCC(=O)NN2C(=O)NC3(CCC(C)CC3)C2=O)c1C. The molecule has 1 aliphatic carbocycles. The maximum Gasteiger partial charge on any atom is 0.344 e. The molecule has 8 heteroatoms. The molecule has 0 unspecified atom stereocenters. The highest BCUT2D eigenvalue weighted by Gasteiger charge is 2.52. The van der Waals surface area contributed by atoms with Gasteiger partial charge in [0.25, 0.3) is 11.8 Å². The van der Waals surface area contributed by atoms with Crippen molar-refractivity contribution in [2.24, 2.45) is 5.92 Å². The summed E-state index contributed by atoms with van der Waals surface area (Å²) in [6.45, 7) is 5.19. The number of nitrogens with zero attached hydrogens (tertiary/aromatic N) is 1. The third-order valence-electron chi connectivity index (χ3n) is 5.69. The first-order valence-corrected chi connectivity index (χ1v) is 9.43. The molecule has 2 aliphatic rings. The standard InChI is InChI=1S/C20H25N3O5/c1-12-7-9-20(10-8-12)18(26)23(19(27)21-20)22-16(24)11-28-17(25)15-6-4-5-13(2)14(15)3/h4-6,12H,7-11H2,1-3H3,(H,21,27)(H,22,24). The van der Waals surface area contributed by atoms with Gasteiger partial charge in [0.05, 0.1) is 5.56 Å². The zero-order chi connectivity index (χ0) is 20.5. The van der Waals surface area contributed by atoms with Gasteiger partial charge in [-0.3, -0.25) is 15.0 Å². The van der Waals surface area contributed by atoms with Gasteiger partial charge in [-0.15, -0.1) is 0 Å². The third-order valence-corrected chi connectivity index (χ3v) is 5.69. The van der Waals surface area contributed by atoms with Gasteiger partial charge in [-0.05, 0) is 62.6 Å². The van der Waals surface area contributed by atoms with Crippen LogP contribution in [0.25, 0.3) is 0 Å². The van der Waals surface area contributed by atoms with Gasteiger partial charge in [-0.1, -0.05) is 19.1 Å². The van der Waals surface area contributed by atoms with E-state index in [2.05, 4.69) is 17.7 Å². The van der Waals surface area contributed by atoms with Crippen LogP contribution in [-0.2, 0) is 14.3 Å². The predicted molar refractivity (Wildman–Crippen MR) is 100 cm³/mol. The molecule has 4 amide bonds. The summed E-state index contributed by atoms with van der Waals surface area (Å²) < 4.78 is 5.04. The van der Waals surface area contributed by atoms with Crippen molar-refractivity contribution < 1.29 is 23.9 Å². The van der Waals surface area contributed by atoms with E-state index in [1.165, 1.54) is 0 Å². The number of carbonyl (C=O) groups is 4.